The zero-order chi connectivity index (χ0) is 37.5. The highest BCUT2D eigenvalue weighted by Gasteiger charge is 2.34. The van der Waals surface area contributed by atoms with Crippen LogP contribution in [0, 0.1) is 35.0 Å². The summed E-state index contributed by atoms with van der Waals surface area (Å²) in [5.74, 6) is 10.5. The predicted molar refractivity (Wildman–Crippen MR) is 186 cm³/mol. The molecular weight excluding hydrogens is 667 g/mol. The minimum absolute atomic E-state index is 0.00306. The molecule has 4 rings (SSSR count). The van der Waals surface area contributed by atoms with E-state index in [4.69, 9.17) is 16.7 Å². The molecule has 0 aliphatic carbocycles. The number of carboxylic acids is 1. The molecule has 0 radical (unpaired) electrons. The molecule has 2 aromatic carbocycles. The van der Waals surface area contributed by atoms with E-state index in [1.807, 2.05) is 69.3 Å². The van der Waals surface area contributed by atoms with Crippen LogP contribution in [0.25, 0.3) is 0 Å². The second-order valence-electron chi connectivity index (χ2n) is 11.4. The Kier molecular flexibility index (Phi) is 15.2. The average Bonchev–Trinajstić information content (AvgIpc) is 3.09. The fourth-order valence-corrected chi connectivity index (χ4v) is 3.58. The Morgan fingerprint density at radius 1 is 0.860 bits per heavy atom. The maximum Gasteiger partial charge on any atom is 0.403 e. The lowest BCUT2D eigenvalue weighted by Gasteiger charge is -2.31. The van der Waals surface area contributed by atoms with Crippen molar-refractivity contribution in [2.75, 3.05) is 14.1 Å². The lowest BCUT2D eigenvalue weighted by Crippen LogP contribution is -2.43. The summed E-state index contributed by atoms with van der Waals surface area (Å²) in [5.41, 5.74) is 2.97. The Labute approximate surface area is 295 Å². The molecule has 50 heavy (non-hydrogen) atoms. The number of hydrogen-bond donors (Lipinski definition) is 2. The van der Waals surface area contributed by atoms with Crippen LogP contribution in [0.15, 0.2) is 85.2 Å². The minimum atomic E-state index is -4.10. The zero-order valence-electron chi connectivity index (χ0n) is 28.2. The summed E-state index contributed by atoms with van der Waals surface area (Å²) in [7, 11) is 2.98. The van der Waals surface area contributed by atoms with Gasteiger partial charge in [0.15, 0.2) is 0 Å². The number of rotatable bonds is 3. The molecule has 8 nitrogen and oxygen atoms in total. The molecule has 0 bridgehead atoms. The molecule has 1 atom stereocenters. The third-order valence-electron chi connectivity index (χ3n) is 6.73. The van der Waals surface area contributed by atoms with Gasteiger partial charge in [0.1, 0.15) is 23.5 Å². The number of carbonyl (C=O) groups excluding carboxylic acids is 1. The summed E-state index contributed by atoms with van der Waals surface area (Å²) < 4.78 is 34.2. The summed E-state index contributed by atoms with van der Waals surface area (Å²) in [6.45, 7) is 6.85. The third kappa shape index (κ3) is 13.4. The molecule has 2 heterocycles. The first-order valence-corrected chi connectivity index (χ1v) is 15.3. The normalized spacial score (nSPS) is 10.9. The highest BCUT2D eigenvalue weighted by molar-refractivity contribution is 6.30. The molecule has 258 valence electrons. The van der Waals surface area contributed by atoms with E-state index in [0.717, 1.165) is 18.1 Å². The molecule has 1 amide bonds. The minimum Gasteiger partial charge on any atom is -0.477 e. The Balaban J connectivity index is 0.000000293. The molecule has 1 unspecified atom stereocenters. The van der Waals surface area contributed by atoms with Gasteiger partial charge in [0.05, 0.1) is 5.56 Å². The van der Waals surface area contributed by atoms with Crippen LogP contribution >= 0.6 is 11.6 Å². The predicted octanol–water partition coefficient (Wildman–Crippen LogP) is 7.21. The Bertz CT molecular complexity index is 1930. The molecule has 2 N–H and O–H groups in total. The first-order valence-electron chi connectivity index (χ1n) is 14.9. The fraction of sp³-hybridized carbons (Fsp3) is 0.237. The lowest BCUT2D eigenvalue weighted by atomic mass is 10.0. The van der Waals surface area contributed by atoms with Crippen molar-refractivity contribution in [1.29, 1.82) is 5.26 Å². The zero-order valence-corrected chi connectivity index (χ0v) is 29.0. The number of nitrogens with one attached hydrogen (secondary N) is 1. The molecule has 0 aliphatic rings. The van der Waals surface area contributed by atoms with Crippen molar-refractivity contribution >= 4 is 23.5 Å². The van der Waals surface area contributed by atoms with Gasteiger partial charge in [0.25, 0.3) is 5.91 Å². The maximum atomic E-state index is 12.5. The van der Waals surface area contributed by atoms with E-state index in [0.29, 0.717) is 16.1 Å². The highest BCUT2D eigenvalue weighted by atomic mass is 35.5. The van der Waals surface area contributed by atoms with Crippen molar-refractivity contribution in [1.82, 2.24) is 20.2 Å². The number of alkyl halides is 3. The van der Waals surface area contributed by atoms with Crippen LogP contribution in [-0.2, 0) is 0 Å². The monoisotopic (exact) mass is 701 g/mol. The van der Waals surface area contributed by atoms with E-state index in [1.165, 1.54) is 25.5 Å². The van der Waals surface area contributed by atoms with Crippen LogP contribution in [0.5, 0.6) is 0 Å². The maximum absolute atomic E-state index is 12.5. The third-order valence-corrected chi connectivity index (χ3v) is 6.96. The smallest absolute Gasteiger partial charge is 0.403 e. The van der Waals surface area contributed by atoms with E-state index < -0.39 is 18.2 Å². The summed E-state index contributed by atoms with van der Waals surface area (Å²) >= 11 is 5.84. The van der Waals surface area contributed by atoms with Crippen LogP contribution in [0.2, 0.25) is 5.02 Å². The quantitative estimate of drug-likeness (QED) is 0.217. The van der Waals surface area contributed by atoms with E-state index in [2.05, 4.69) is 39.0 Å². The van der Waals surface area contributed by atoms with Gasteiger partial charge >= 0.3 is 12.1 Å². The van der Waals surface area contributed by atoms with Gasteiger partial charge in [-0.3, -0.25) is 4.79 Å². The number of benzene rings is 2. The van der Waals surface area contributed by atoms with E-state index >= 15 is 0 Å². The van der Waals surface area contributed by atoms with Gasteiger partial charge in [0.2, 0.25) is 0 Å². The number of nitriles is 1. The van der Waals surface area contributed by atoms with E-state index in [9.17, 15) is 28.0 Å². The largest absolute Gasteiger partial charge is 0.477 e. The molecule has 0 spiro atoms. The summed E-state index contributed by atoms with van der Waals surface area (Å²) in [6.07, 6.45) is -1.14. The SMILES string of the molecule is CN(C(=O)c1ncc(C#Cc2ccccc2)cc1C#N)C(C)(C)C.CNC(C)C(F)(F)F.O=C(O)c1ccc(C#Cc2cccc(Cl)c2)cn1. The van der Waals surface area contributed by atoms with Gasteiger partial charge < -0.3 is 15.3 Å². The Morgan fingerprint density at radius 2 is 1.44 bits per heavy atom. The molecule has 2 aromatic heterocycles. The molecule has 0 aliphatic heterocycles. The number of aromatic carboxylic acids is 1. The summed E-state index contributed by atoms with van der Waals surface area (Å²) in [4.78, 5) is 32.7. The van der Waals surface area contributed by atoms with E-state index in [1.54, 1.807) is 36.2 Å². The molecule has 0 fully saturated rings. The highest BCUT2D eigenvalue weighted by Crippen LogP contribution is 2.19. The molecule has 0 saturated carbocycles. The summed E-state index contributed by atoms with van der Waals surface area (Å²) in [5, 5.41) is 20.8. The Hall–Kier alpha value is -5.67. The topological polar surface area (TPSA) is 119 Å². The number of halogens is 4. The van der Waals surface area contributed by atoms with E-state index in [-0.39, 0.29) is 28.4 Å². The van der Waals surface area contributed by atoms with Crippen molar-refractivity contribution in [3.8, 4) is 29.8 Å². The summed E-state index contributed by atoms with van der Waals surface area (Å²) in [6, 6.07) is 22.0. The number of carbonyl (C=O) groups is 2. The van der Waals surface area contributed by atoms with Crippen molar-refractivity contribution in [2.24, 2.45) is 0 Å². The van der Waals surface area contributed by atoms with Gasteiger partial charge in [-0.15, -0.1) is 0 Å². The van der Waals surface area contributed by atoms with Crippen LogP contribution < -0.4 is 5.32 Å². The number of amides is 1. The standard InChI is InChI=1S/C20H19N3O.C14H8ClNO2.C4H8F3N/c1-20(2,3)23(4)19(24)18-17(13-21)12-16(14-22-18)11-10-15-8-6-5-7-9-15;15-12-3-1-2-10(8-12)4-5-11-6-7-13(14(17)18)16-9-11;1-3(8-2)4(5,6)7/h5-9,12,14H,1-4H3;1-3,6-9H,(H,17,18);3,8H,1-2H3. The van der Waals surface area contributed by atoms with Crippen LogP contribution in [0.3, 0.4) is 0 Å². The number of aromatic nitrogens is 2. The van der Waals surface area contributed by atoms with Crippen LogP contribution in [-0.4, -0.2) is 63.7 Å². The number of carboxylic acid groups (broad SMARTS) is 1. The number of nitrogens with zero attached hydrogens (tertiary/aromatic N) is 4. The van der Waals surface area contributed by atoms with Crippen molar-refractivity contribution in [3.63, 3.8) is 0 Å². The first kappa shape index (κ1) is 40.5. The molecule has 0 saturated heterocycles. The molecule has 12 heteroatoms. The molecule has 4 aromatic rings. The second kappa shape index (κ2) is 18.8. The fourth-order valence-electron chi connectivity index (χ4n) is 3.39. The van der Waals surface area contributed by atoms with Crippen LogP contribution in [0.1, 0.15) is 76.5 Å². The van der Waals surface area contributed by atoms with Gasteiger partial charge in [0, 0.05) is 52.3 Å². The average molecular weight is 702 g/mol. The second-order valence-corrected chi connectivity index (χ2v) is 11.9. The van der Waals surface area contributed by atoms with Crippen molar-refractivity contribution in [2.45, 2.75) is 45.5 Å². The van der Waals surface area contributed by atoms with Gasteiger partial charge in [-0.05, 0) is 83.3 Å². The van der Waals surface area contributed by atoms with Crippen molar-refractivity contribution in [3.05, 3.63) is 129 Å². The van der Waals surface area contributed by atoms with Gasteiger partial charge in [-0.25, -0.2) is 14.8 Å². The lowest BCUT2D eigenvalue weighted by molar-refractivity contribution is -0.150. The number of hydrogen-bond acceptors (Lipinski definition) is 6. The van der Waals surface area contributed by atoms with Crippen LogP contribution in [0.4, 0.5) is 13.2 Å². The van der Waals surface area contributed by atoms with Crippen molar-refractivity contribution < 1.29 is 27.9 Å². The van der Waals surface area contributed by atoms with Gasteiger partial charge in [-0.1, -0.05) is 59.5 Å². The first-order chi connectivity index (χ1) is 23.5. The molecular formula is C38H35ClF3N5O3. The Morgan fingerprint density at radius 3 is 1.94 bits per heavy atom. The van der Waals surface area contributed by atoms with Gasteiger partial charge in [-0.2, -0.15) is 18.4 Å². The number of pyridine rings is 2.